The molecule has 0 bridgehead atoms. The standard InChI is InChI=1S/C11H8Br/c1-8-10-5-3-2-4-9(10)6-7-11(8)12/h2-7H,1H2. The van der Waals surface area contributed by atoms with E-state index >= 15 is 0 Å². The first-order valence-electron chi connectivity index (χ1n) is 3.78. The fraction of sp³-hybridized carbons (Fsp3) is 0. The van der Waals surface area contributed by atoms with Gasteiger partial charge in [0.25, 0.3) is 0 Å². The Morgan fingerprint density at radius 3 is 2.58 bits per heavy atom. The third-order valence-electron chi connectivity index (χ3n) is 1.98. The number of benzene rings is 2. The molecule has 0 atom stereocenters. The average molecular weight is 220 g/mol. The molecule has 0 fully saturated rings. The molecule has 0 aliphatic heterocycles. The van der Waals surface area contributed by atoms with Crippen LogP contribution in [0.2, 0.25) is 0 Å². The molecule has 0 N–H and O–H groups in total. The van der Waals surface area contributed by atoms with Gasteiger partial charge in [0.05, 0.1) is 0 Å². The zero-order valence-corrected chi connectivity index (χ0v) is 8.14. The lowest BCUT2D eigenvalue weighted by Crippen LogP contribution is -1.78. The van der Waals surface area contributed by atoms with Gasteiger partial charge in [-0.15, -0.1) is 0 Å². The van der Waals surface area contributed by atoms with Crippen LogP contribution in [0.5, 0.6) is 0 Å². The van der Waals surface area contributed by atoms with Crippen LogP contribution in [-0.2, 0) is 0 Å². The highest BCUT2D eigenvalue weighted by Crippen LogP contribution is 2.24. The van der Waals surface area contributed by atoms with Crippen molar-refractivity contribution < 1.29 is 0 Å². The van der Waals surface area contributed by atoms with Gasteiger partial charge >= 0.3 is 0 Å². The van der Waals surface area contributed by atoms with Gasteiger partial charge in [0, 0.05) is 4.47 Å². The summed E-state index contributed by atoms with van der Waals surface area (Å²) in [5, 5.41) is 2.46. The topological polar surface area (TPSA) is 0 Å². The van der Waals surface area contributed by atoms with E-state index in [4.69, 9.17) is 0 Å². The Balaban J connectivity index is 2.91. The molecule has 2 aromatic rings. The zero-order valence-electron chi connectivity index (χ0n) is 6.55. The number of hydrogen-bond acceptors (Lipinski definition) is 0. The van der Waals surface area contributed by atoms with Crippen molar-refractivity contribution in [1.82, 2.24) is 0 Å². The Kier molecular flexibility index (Phi) is 1.89. The van der Waals surface area contributed by atoms with Crippen LogP contribution in [-0.4, -0.2) is 0 Å². The number of fused-ring (bicyclic) bond motifs is 1. The minimum absolute atomic E-state index is 1.06. The molecule has 1 heteroatoms. The smallest absolute Gasteiger partial charge is 0.0213 e. The quantitative estimate of drug-likeness (QED) is 0.633. The van der Waals surface area contributed by atoms with Gasteiger partial charge in [-0.05, 0) is 29.3 Å². The highest BCUT2D eigenvalue weighted by Gasteiger charge is 1.98. The number of hydrogen-bond donors (Lipinski definition) is 0. The molecule has 0 aliphatic rings. The normalized spacial score (nSPS) is 10.5. The Morgan fingerprint density at radius 2 is 1.75 bits per heavy atom. The molecule has 0 amide bonds. The zero-order chi connectivity index (χ0) is 8.55. The van der Waals surface area contributed by atoms with Crippen LogP contribution < -0.4 is 0 Å². The maximum atomic E-state index is 4.00. The summed E-state index contributed by atoms with van der Waals surface area (Å²) in [6.45, 7) is 4.00. The van der Waals surface area contributed by atoms with E-state index in [-0.39, 0.29) is 0 Å². The van der Waals surface area contributed by atoms with Crippen LogP contribution in [0.25, 0.3) is 10.8 Å². The van der Waals surface area contributed by atoms with Crippen molar-refractivity contribution in [2.75, 3.05) is 0 Å². The van der Waals surface area contributed by atoms with Crippen LogP contribution in [0, 0.1) is 6.92 Å². The van der Waals surface area contributed by atoms with E-state index in [9.17, 15) is 0 Å². The van der Waals surface area contributed by atoms with E-state index in [0.717, 1.165) is 10.0 Å². The molecule has 12 heavy (non-hydrogen) atoms. The van der Waals surface area contributed by atoms with E-state index in [1.807, 2.05) is 18.2 Å². The third kappa shape index (κ3) is 1.14. The summed E-state index contributed by atoms with van der Waals surface area (Å²) in [4.78, 5) is 0. The number of rotatable bonds is 0. The summed E-state index contributed by atoms with van der Waals surface area (Å²) in [6.07, 6.45) is 0. The Bertz CT molecular complexity index is 418. The highest BCUT2D eigenvalue weighted by molar-refractivity contribution is 9.10. The van der Waals surface area contributed by atoms with Gasteiger partial charge in [-0.3, -0.25) is 0 Å². The summed E-state index contributed by atoms with van der Waals surface area (Å²) in [5.74, 6) is 0. The molecule has 0 aliphatic carbocycles. The molecule has 0 aromatic heterocycles. The molecule has 2 rings (SSSR count). The van der Waals surface area contributed by atoms with Crippen molar-refractivity contribution in [1.29, 1.82) is 0 Å². The van der Waals surface area contributed by atoms with Crippen molar-refractivity contribution in [3.63, 3.8) is 0 Å². The molecule has 0 nitrogen and oxygen atoms in total. The summed E-state index contributed by atoms with van der Waals surface area (Å²) in [7, 11) is 0. The van der Waals surface area contributed by atoms with Gasteiger partial charge in [-0.1, -0.05) is 46.3 Å². The Morgan fingerprint density at radius 1 is 1.00 bits per heavy atom. The molecular weight excluding hydrogens is 212 g/mol. The monoisotopic (exact) mass is 219 g/mol. The van der Waals surface area contributed by atoms with Gasteiger partial charge in [0.2, 0.25) is 0 Å². The molecule has 0 saturated heterocycles. The lowest BCUT2D eigenvalue weighted by atomic mass is 10.1. The first-order chi connectivity index (χ1) is 5.79. The largest absolute Gasteiger partial charge is 0.0616 e. The first kappa shape index (κ1) is 7.81. The maximum absolute atomic E-state index is 4.00. The average Bonchev–Trinajstić information content (AvgIpc) is 2.12. The summed E-state index contributed by atoms with van der Waals surface area (Å²) in [6, 6.07) is 12.4. The van der Waals surface area contributed by atoms with Crippen molar-refractivity contribution in [2.45, 2.75) is 0 Å². The van der Waals surface area contributed by atoms with Crippen LogP contribution in [0.15, 0.2) is 40.9 Å². The van der Waals surface area contributed by atoms with Crippen LogP contribution in [0.4, 0.5) is 0 Å². The summed E-state index contributed by atoms with van der Waals surface area (Å²) < 4.78 is 1.07. The summed E-state index contributed by atoms with van der Waals surface area (Å²) >= 11 is 3.45. The van der Waals surface area contributed by atoms with Crippen LogP contribution >= 0.6 is 15.9 Å². The second-order valence-corrected chi connectivity index (χ2v) is 3.60. The number of halogens is 1. The molecule has 2 aromatic carbocycles. The van der Waals surface area contributed by atoms with E-state index in [1.54, 1.807) is 0 Å². The molecule has 0 spiro atoms. The van der Waals surface area contributed by atoms with Crippen molar-refractivity contribution in [3.05, 3.63) is 53.4 Å². The third-order valence-corrected chi connectivity index (χ3v) is 2.73. The van der Waals surface area contributed by atoms with Gasteiger partial charge in [0.1, 0.15) is 0 Å². The molecular formula is C11H8Br. The molecule has 0 unspecified atom stereocenters. The van der Waals surface area contributed by atoms with Crippen LogP contribution in [0.3, 0.4) is 0 Å². The molecule has 59 valence electrons. The van der Waals surface area contributed by atoms with E-state index in [0.29, 0.717) is 0 Å². The minimum Gasteiger partial charge on any atom is -0.0616 e. The van der Waals surface area contributed by atoms with Gasteiger partial charge in [-0.2, -0.15) is 0 Å². The maximum Gasteiger partial charge on any atom is 0.0213 e. The minimum atomic E-state index is 1.06. The molecule has 0 saturated carbocycles. The Hall–Kier alpha value is -0.820. The Labute approximate surface area is 80.3 Å². The van der Waals surface area contributed by atoms with Gasteiger partial charge < -0.3 is 0 Å². The molecule has 1 radical (unpaired) electrons. The van der Waals surface area contributed by atoms with E-state index in [2.05, 4.69) is 41.1 Å². The van der Waals surface area contributed by atoms with Crippen molar-refractivity contribution in [2.24, 2.45) is 0 Å². The highest BCUT2D eigenvalue weighted by atomic mass is 79.9. The van der Waals surface area contributed by atoms with Gasteiger partial charge in [0.15, 0.2) is 0 Å². The van der Waals surface area contributed by atoms with Crippen molar-refractivity contribution >= 4 is 26.7 Å². The predicted octanol–water partition coefficient (Wildman–Crippen LogP) is 3.78. The SMILES string of the molecule is [CH2]c1c(Br)ccc2ccccc12. The summed E-state index contributed by atoms with van der Waals surface area (Å²) in [5.41, 5.74) is 1.06. The predicted molar refractivity (Wildman–Crippen MR) is 56.1 cm³/mol. The first-order valence-corrected chi connectivity index (χ1v) is 4.57. The second-order valence-electron chi connectivity index (χ2n) is 2.75. The fourth-order valence-electron chi connectivity index (χ4n) is 1.31. The van der Waals surface area contributed by atoms with E-state index < -0.39 is 0 Å². The van der Waals surface area contributed by atoms with Crippen LogP contribution in [0.1, 0.15) is 5.56 Å². The lowest BCUT2D eigenvalue weighted by molar-refractivity contribution is 1.62. The van der Waals surface area contributed by atoms with Crippen molar-refractivity contribution in [3.8, 4) is 0 Å². The van der Waals surface area contributed by atoms with E-state index in [1.165, 1.54) is 10.8 Å². The second kappa shape index (κ2) is 2.91. The van der Waals surface area contributed by atoms with Gasteiger partial charge in [-0.25, -0.2) is 0 Å². The lowest BCUT2D eigenvalue weighted by Gasteiger charge is -2.02. The molecule has 0 heterocycles. The fourth-order valence-corrected chi connectivity index (χ4v) is 1.66.